The van der Waals surface area contributed by atoms with Gasteiger partial charge in [0.2, 0.25) is 5.95 Å². The van der Waals surface area contributed by atoms with Gasteiger partial charge in [-0.05, 0) is 36.6 Å². The first-order valence-corrected chi connectivity index (χ1v) is 8.31. The van der Waals surface area contributed by atoms with Crippen LogP contribution in [0.1, 0.15) is 16.8 Å². The van der Waals surface area contributed by atoms with E-state index >= 15 is 0 Å². The van der Waals surface area contributed by atoms with Crippen LogP contribution >= 0.6 is 0 Å². The van der Waals surface area contributed by atoms with Crippen molar-refractivity contribution in [3.05, 3.63) is 83.3 Å². The van der Waals surface area contributed by atoms with E-state index in [0.717, 1.165) is 30.0 Å². The summed E-state index contributed by atoms with van der Waals surface area (Å²) in [7, 11) is 0. The summed E-state index contributed by atoms with van der Waals surface area (Å²) in [5.41, 5.74) is 3.15. The number of nitrogens with zero attached hydrogens (tertiary/aromatic N) is 2. The Morgan fingerprint density at radius 2 is 1.64 bits per heavy atom. The fourth-order valence-electron chi connectivity index (χ4n) is 2.50. The van der Waals surface area contributed by atoms with Gasteiger partial charge in [-0.1, -0.05) is 42.5 Å². The maximum atomic E-state index is 12.9. The second kappa shape index (κ2) is 8.24. The minimum atomic E-state index is -0.236. The quantitative estimate of drug-likeness (QED) is 0.679. The molecule has 0 saturated heterocycles. The molecule has 3 rings (SSSR count). The molecule has 0 spiro atoms. The van der Waals surface area contributed by atoms with E-state index in [1.54, 1.807) is 12.1 Å². The van der Waals surface area contributed by atoms with E-state index in [1.807, 2.05) is 31.2 Å². The van der Waals surface area contributed by atoms with Gasteiger partial charge in [0, 0.05) is 24.8 Å². The number of hydrogen-bond acceptors (Lipinski definition) is 4. The zero-order valence-corrected chi connectivity index (χ0v) is 14.2. The summed E-state index contributed by atoms with van der Waals surface area (Å²) in [5.74, 6) is 1.12. The molecule has 5 heteroatoms. The van der Waals surface area contributed by atoms with E-state index in [9.17, 15) is 4.39 Å². The van der Waals surface area contributed by atoms with Crippen LogP contribution in [0, 0.1) is 12.7 Å². The van der Waals surface area contributed by atoms with Gasteiger partial charge in [-0.2, -0.15) is 4.98 Å². The molecule has 0 amide bonds. The Hall–Kier alpha value is -2.95. The van der Waals surface area contributed by atoms with Crippen molar-refractivity contribution >= 4 is 11.8 Å². The maximum Gasteiger partial charge on any atom is 0.225 e. The van der Waals surface area contributed by atoms with Crippen molar-refractivity contribution < 1.29 is 4.39 Å². The first-order chi connectivity index (χ1) is 12.2. The van der Waals surface area contributed by atoms with Crippen LogP contribution in [0.15, 0.2) is 60.7 Å². The summed E-state index contributed by atoms with van der Waals surface area (Å²) in [6.07, 6.45) is 0.933. The SMILES string of the molecule is Cc1cc(NCCc2ccccc2)nc(NCc2ccc(F)cc2)n1. The molecule has 4 nitrogen and oxygen atoms in total. The third-order valence-corrected chi connectivity index (χ3v) is 3.78. The largest absolute Gasteiger partial charge is 0.370 e. The summed E-state index contributed by atoms with van der Waals surface area (Å²) < 4.78 is 12.9. The highest BCUT2D eigenvalue weighted by Crippen LogP contribution is 2.12. The smallest absolute Gasteiger partial charge is 0.225 e. The molecule has 0 aliphatic rings. The maximum absolute atomic E-state index is 12.9. The van der Waals surface area contributed by atoms with E-state index in [2.05, 4.69) is 32.7 Å². The lowest BCUT2D eigenvalue weighted by molar-refractivity contribution is 0.627. The molecule has 25 heavy (non-hydrogen) atoms. The molecule has 128 valence electrons. The number of aromatic nitrogens is 2. The Bertz CT molecular complexity index is 804. The van der Waals surface area contributed by atoms with E-state index in [1.165, 1.54) is 17.7 Å². The van der Waals surface area contributed by atoms with Gasteiger partial charge in [0.25, 0.3) is 0 Å². The summed E-state index contributed by atoms with van der Waals surface area (Å²) >= 11 is 0. The van der Waals surface area contributed by atoms with Crippen LogP contribution in [0.25, 0.3) is 0 Å². The Balaban J connectivity index is 1.57. The predicted molar refractivity (Wildman–Crippen MR) is 99.1 cm³/mol. The molecular formula is C20H21FN4. The molecule has 0 aliphatic heterocycles. The van der Waals surface area contributed by atoms with Gasteiger partial charge < -0.3 is 10.6 Å². The van der Waals surface area contributed by atoms with Gasteiger partial charge in [-0.25, -0.2) is 9.37 Å². The van der Waals surface area contributed by atoms with Crippen LogP contribution in [-0.2, 0) is 13.0 Å². The van der Waals surface area contributed by atoms with E-state index in [0.29, 0.717) is 12.5 Å². The first-order valence-electron chi connectivity index (χ1n) is 8.31. The Morgan fingerprint density at radius 1 is 0.880 bits per heavy atom. The third-order valence-electron chi connectivity index (χ3n) is 3.78. The molecule has 0 radical (unpaired) electrons. The summed E-state index contributed by atoms with van der Waals surface area (Å²) in [4.78, 5) is 8.89. The molecule has 0 bridgehead atoms. The van der Waals surface area contributed by atoms with Crippen LogP contribution in [-0.4, -0.2) is 16.5 Å². The predicted octanol–water partition coefficient (Wildman–Crippen LogP) is 4.19. The van der Waals surface area contributed by atoms with Gasteiger partial charge >= 0.3 is 0 Å². The van der Waals surface area contributed by atoms with E-state index < -0.39 is 0 Å². The Morgan fingerprint density at radius 3 is 2.40 bits per heavy atom. The van der Waals surface area contributed by atoms with Crippen molar-refractivity contribution in [1.29, 1.82) is 0 Å². The molecular weight excluding hydrogens is 315 g/mol. The molecule has 0 aliphatic carbocycles. The highest BCUT2D eigenvalue weighted by atomic mass is 19.1. The fourth-order valence-corrected chi connectivity index (χ4v) is 2.50. The molecule has 0 atom stereocenters. The van der Waals surface area contributed by atoms with Crippen molar-refractivity contribution in [1.82, 2.24) is 9.97 Å². The van der Waals surface area contributed by atoms with Crippen LogP contribution < -0.4 is 10.6 Å². The molecule has 1 aromatic heterocycles. The highest BCUT2D eigenvalue weighted by Gasteiger charge is 2.03. The van der Waals surface area contributed by atoms with Crippen LogP contribution in [0.5, 0.6) is 0 Å². The van der Waals surface area contributed by atoms with Crippen LogP contribution in [0.2, 0.25) is 0 Å². The Kier molecular flexibility index (Phi) is 5.57. The summed E-state index contributed by atoms with van der Waals surface area (Å²) in [6, 6.07) is 18.6. The standard InChI is InChI=1S/C20H21FN4/c1-15-13-19(22-12-11-16-5-3-2-4-6-16)25-20(24-15)23-14-17-7-9-18(21)10-8-17/h2-10,13H,11-12,14H2,1H3,(H2,22,23,24,25). The average molecular weight is 336 g/mol. The number of halogens is 1. The lowest BCUT2D eigenvalue weighted by Crippen LogP contribution is -2.10. The third kappa shape index (κ3) is 5.28. The molecule has 0 saturated carbocycles. The molecule has 0 unspecified atom stereocenters. The molecule has 2 aromatic carbocycles. The van der Waals surface area contributed by atoms with Gasteiger partial charge in [0.05, 0.1) is 0 Å². The zero-order valence-electron chi connectivity index (χ0n) is 14.2. The lowest BCUT2D eigenvalue weighted by atomic mass is 10.1. The monoisotopic (exact) mass is 336 g/mol. The zero-order chi connectivity index (χ0) is 17.5. The molecule has 2 N–H and O–H groups in total. The molecule has 0 fully saturated rings. The fraction of sp³-hybridized carbons (Fsp3) is 0.200. The number of nitrogens with one attached hydrogen (secondary N) is 2. The van der Waals surface area contributed by atoms with Crippen molar-refractivity contribution in [3.8, 4) is 0 Å². The van der Waals surface area contributed by atoms with Gasteiger partial charge in [-0.15, -0.1) is 0 Å². The number of aryl methyl sites for hydroxylation is 1. The topological polar surface area (TPSA) is 49.8 Å². The second-order valence-electron chi connectivity index (χ2n) is 5.86. The van der Waals surface area contributed by atoms with Crippen molar-refractivity contribution in [2.45, 2.75) is 19.9 Å². The van der Waals surface area contributed by atoms with Crippen molar-refractivity contribution in [3.63, 3.8) is 0 Å². The number of rotatable bonds is 7. The second-order valence-corrected chi connectivity index (χ2v) is 5.86. The van der Waals surface area contributed by atoms with Crippen LogP contribution in [0.4, 0.5) is 16.2 Å². The number of hydrogen-bond donors (Lipinski definition) is 2. The van der Waals surface area contributed by atoms with Gasteiger partial charge in [-0.3, -0.25) is 0 Å². The van der Waals surface area contributed by atoms with Crippen molar-refractivity contribution in [2.75, 3.05) is 17.2 Å². The van der Waals surface area contributed by atoms with E-state index in [4.69, 9.17) is 0 Å². The van der Waals surface area contributed by atoms with Crippen molar-refractivity contribution in [2.24, 2.45) is 0 Å². The Labute approximate surface area is 147 Å². The van der Waals surface area contributed by atoms with Gasteiger partial charge in [0.1, 0.15) is 11.6 Å². The van der Waals surface area contributed by atoms with E-state index in [-0.39, 0.29) is 5.82 Å². The molecule has 1 heterocycles. The number of benzene rings is 2. The number of anilines is 2. The first kappa shape index (κ1) is 16.9. The summed E-state index contributed by atoms with van der Waals surface area (Å²) in [5, 5.41) is 6.52. The lowest BCUT2D eigenvalue weighted by Gasteiger charge is -2.10. The molecule has 3 aromatic rings. The average Bonchev–Trinajstić information content (AvgIpc) is 2.62. The van der Waals surface area contributed by atoms with Gasteiger partial charge in [0.15, 0.2) is 0 Å². The van der Waals surface area contributed by atoms with Crippen LogP contribution in [0.3, 0.4) is 0 Å². The normalized spacial score (nSPS) is 10.5. The summed E-state index contributed by atoms with van der Waals surface area (Å²) in [6.45, 7) is 3.29. The minimum absolute atomic E-state index is 0.236. The minimum Gasteiger partial charge on any atom is -0.370 e. The highest BCUT2D eigenvalue weighted by molar-refractivity contribution is 5.42.